The van der Waals surface area contributed by atoms with Gasteiger partial charge in [0.1, 0.15) is 25.1 Å². The van der Waals surface area contributed by atoms with E-state index in [2.05, 4.69) is 28.6 Å². The van der Waals surface area contributed by atoms with Crippen LogP contribution >= 0.6 is 12.4 Å². The van der Waals surface area contributed by atoms with E-state index in [-0.39, 0.29) is 30.8 Å². The summed E-state index contributed by atoms with van der Waals surface area (Å²) in [6.07, 6.45) is 3.81. The van der Waals surface area contributed by atoms with E-state index in [4.69, 9.17) is 9.39 Å². The molecule has 4 rings (SSSR count). The average molecular weight is 559 g/mol. The monoisotopic (exact) mass is 558 g/mol. The molecule has 212 valence electrons. The largest absolute Gasteiger partial charge is 0.635 e. The number of carbonyl (C=O) groups excluding carboxylic acids is 1. The quantitative estimate of drug-likeness (QED) is 0.233. The number of carbonyl (C=O) groups is 1. The highest BCUT2D eigenvalue weighted by Crippen LogP contribution is 2.36. The zero-order valence-corrected chi connectivity index (χ0v) is 23.7. The number of halogens is 1. The van der Waals surface area contributed by atoms with E-state index < -0.39 is 19.1 Å². The van der Waals surface area contributed by atoms with Crippen LogP contribution in [0.1, 0.15) is 44.7 Å². The molecule has 39 heavy (non-hydrogen) atoms. The fraction of sp³-hybridized carbons (Fsp3) is 0.464. The van der Waals surface area contributed by atoms with E-state index >= 15 is 0 Å². The third-order valence-electron chi connectivity index (χ3n) is 6.94. The third kappa shape index (κ3) is 8.44. The lowest BCUT2D eigenvalue weighted by atomic mass is 9.92. The van der Waals surface area contributed by atoms with Gasteiger partial charge in [-0.2, -0.15) is 0 Å². The Hall–Kier alpha value is -2.60. The van der Waals surface area contributed by atoms with Gasteiger partial charge in [-0.1, -0.05) is 56.3 Å². The van der Waals surface area contributed by atoms with Gasteiger partial charge in [-0.3, -0.25) is 14.7 Å². The SMILES string of the molecule is CC(C)[C@H](NC(=O)CN1NC(C)(c2cccc(OCCN3CCCC3)c2)C=C1c1ccccc1)OB(O)O.Cl. The third-order valence-corrected chi connectivity index (χ3v) is 6.94. The number of hydrogen-bond acceptors (Lipinski definition) is 8. The number of benzene rings is 2. The summed E-state index contributed by atoms with van der Waals surface area (Å²) < 4.78 is 11.1. The van der Waals surface area contributed by atoms with Crippen molar-refractivity contribution in [3.05, 3.63) is 71.8 Å². The first-order valence-electron chi connectivity index (χ1n) is 13.3. The molecule has 1 fully saturated rings. The maximum absolute atomic E-state index is 13.0. The number of ether oxygens (including phenoxy) is 1. The molecule has 2 atom stereocenters. The maximum atomic E-state index is 13.0. The van der Waals surface area contributed by atoms with Crippen LogP contribution in [0.4, 0.5) is 0 Å². The van der Waals surface area contributed by atoms with Crippen LogP contribution in [0.3, 0.4) is 0 Å². The van der Waals surface area contributed by atoms with Crippen molar-refractivity contribution in [2.24, 2.45) is 5.92 Å². The Labute approximate surface area is 237 Å². The number of hydrazine groups is 1. The van der Waals surface area contributed by atoms with Gasteiger partial charge in [-0.15, -0.1) is 12.4 Å². The highest BCUT2D eigenvalue weighted by atomic mass is 35.5. The first kappa shape index (κ1) is 30.9. The van der Waals surface area contributed by atoms with Crippen LogP contribution < -0.4 is 15.5 Å². The standard InChI is InChI=1S/C28H39BN4O5.ClH/c1-21(2)27(38-29(35)36)30-26(34)20-33-25(22-10-5-4-6-11-22)19-28(3,31-33)23-12-9-13-24(18-23)37-17-16-32-14-7-8-15-32;/h4-6,9-13,18-19,21,27,31,35-36H,7-8,14-17,20H2,1-3H3,(H,30,34);1H/t27-,28?;/m1./s1. The van der Waals surface area contributed by atoms with Gasteiger partial charge in [0.15, 0.2) is 0 Å². The highest BCUT2D eigenvalue weighted by molar-refractivity contribution is 6.32. The van der Waals surface area contributed by atoms with Gasteiger partial charge in [-0.25, -0.2) is 5.43 Å². The molecule has 0 radical (unpaired) electrons. The molecule has 2 aromatic carbocycles. The van der Waals surface area contributed by atoms with Gasteiger partial charge < -0.3 is 24.8 Å². The molecular weight excluding hydrogens is 519 g/mol. The van der Waals surface area contributed by atoms with Gasteiger partial charge in [0, 0.05) is 6.54 Å². The average Bonchev–Trinajstić information content (AvgIpc) is 3.52. The molecule has 1 amide bonds. The first-order valence-corrected chi connectivity index (χ1v) is 13.3. The van der Waals surface area contributed by atoms with Crippen LogP contribution in [0.15, 0.2) is 60.7 Å². The molecule has 11 heteroatoms. The first-order chi connectivity index (χ1) is 18.2. The fourth-order valence-corrected chi connectivity index (χ4v) is 4.89. The summed E-state index contributed by atoms with van der Waals surface area (Å²) in [5.41, 5.74) is 5.77. The van der Waals surface area contributed by atoms with Crippen molar-refractivity contribution in [3.63, 3.8) is 0 Å². The van der Waals surface area contributed by atoms with Crippen LogP contribution in [0.5, 0.6) is 5.75 Å². The molecule has 2 heterocycles. The van der Waals surface area contributed by atoms with Crippen molar-refractivity contribution in [2.75, 3.05) is 32.8 Å². The van der Waals surface area contributed by atoms with Crippen molar-refractivity contribution in [1.29, 1.82) is 0 Å². The lowest BCUT2D eigenvalue weighted by Gasteiger charge is -2.30. The lowest BCUT2D eigenvalue weighted by molar-refractivity contribution is -0.125. The van der Waals surface area contributed by atoms with Crippen molar-refractivity contribution in [1.82, 2.24) is 20.7 Å². The van der Waals surface area contributed by atoms with Crippen LogP contribution in [0.25, 0.3) is 5.70 Å². The second-order valence-corrected chi connectivity index (χ2v) is 10.4. The van der Waals surface area contributed by atoms with E-state index in [1.807, 2.05) is 73.5 Å². The number of nitrogens with zero attached hydrogens (tertiary/aromatic N) is 2. The zero-order chi connectivity index (χ0) is 27.1. The Morgan fingerprint density at radius 3 is 2.51 bits per heavy atom. The number of rotatable bonds is 12. The summed E-state index contributed by atoms with van der Waals surface area (Å²) in [6.45, 7) is 9.58. The number of amides is 1. The summed E-state index contributed by atoms with van der Waals surface area (Å²) in [4.78, 5) is 15.4. The van der Waals surface area contributed by atoms with Crippen molar-refractivity contribution >= 4 is 31.3 Å². The Balaban J connectivity index is 0.00000420. The maximum Gasteiger partial charge on any atom is 0.635 e. The van der Waals surface area contributed by atoms with Crippen molar-refractivity contribution in [3.8, 4) is 5.75 Å². The molecule has 0 aliphatic carbocycles. The predicted molar refractivity (Wildman–Crippen MR) is 155 cm³/mol. The molecule has 0 bridgehead atoms. The molecular formula is C28H40BClN4O5. The molecule has 2 aromatic rings. The van der Waals surface area contributed by atoms with Crippen molar-refractivity contribution in [2.45, 2.75) is 45.4 Å². The summed E-state index contributed by atoms with van der Waals surface area (Å²) in [5.74, 6) is 0.340. The second kappa shape index (κ2) is 14.2. The number of nitrogens with one attached hydrogen (secondary N) is 2. The molecule has 9 nitrogen and oxygen atoms in total. The lowest BCUT2D eigenvalue weighted by Crippen LogP contribution is -2.50. The molecule has 0 spiro atoms. The molecule has 2 aliphatic rings. The van der Waals surface area contributed by atoms with Crippen LogP contribution in [-0.4, -0.2) is 72.2 Å². The normalized spacial score (nSPS) is 19.9. The van der Waals surface area contributed by atoms with E-state index in [1.165, 1.54) is 12.8 Å². The van der Waals surface area contributed by atoms with Gasteiger partial charge >= 0.3 is 7.32 Å². The summed E-state index contributed by atoms with van der Waals surface area (Å²) >= 11 is 0. The molecule has 2 aliphatic heterocycles. The van der Waals surface area contributed by atoms with Crippen LogP contribution in [0, 0.1) is 5.92 Å². The molecule has 1 saturated heterocycles. The minimum absolute atomic E-state index is 0. The molecule has 0 aromatic heterocycles. The van der Waals surface area contributed by atoms with E-state index in [1.54, 1.807) is 0 Å². The Morgan fingerprint density at radius 2 is 1.85 bits per heavy atom. The van der Waals surface area contributed by atoms with Gasteiger partial charge in [0.25, 0.3) is 0 Å². The number of likely N-dealkylation sites (tertiary alicyclic amines) is 1. The smallest absolute Gasteiger partial charge is 0.492 e. The van der Waals surface area contributed by atoms with Gasteiger partial charge in [0.2, 0.25) is 5.91 Å². The Kier molecular flexibility index (Phi) is 11.2. The minimum Gasteiger partial charge on any atom is -0.492 e. The summed E-state index contributed by atoms with van der Waals surface area (Å²) in [5, 5.41) is 23.0. The van der Waals surface area contributed by atoms with Gasteiger partial charge in [0.05, 0.1) is 11.2 Å². The second-order valence-electron chi connectivity index (χ2n) is 10.4. The molecule has 0 saturated carbocycles. The minimum atomic E-state index is -1.97. The Morgan fingerprint density at radius 1 is 1.13 bits per heavy atom. The molecule has 1 unspecified atom stereocenters. The number of hydrogen-bond donors (Lipinski definition) is 4. The Bertz CT molecular complexity index is 1100. The van der Waals surface area contributed by atoms with Gasteiger partial charge in [-0.05, 0) is 68.1 Å². The van der Waals surface area contributed by atoms with E-state index in [0.29, 0.717) is 6.61 Å². The van der Waals surface area contributed by atoms with E-state index in [0.717, 1.165) is 42.2 Å². The zero-order valence-electron chi connectivity index (χ0n) is 22.9. The highest BCUT2D eigenvalue weighted by Gasteiger charge is 2.36. The molecule has 4 N–H and O–H groups in total. The van der Waals surface area contributed by atoms with Crippen LogP contribution in [0.2, 0.25) is 0 Å². The summed E-state index contributed by atoms with van der Waals surface area (Å²) in [6, 6.07) is 17.9. The summed E-state index contributed by atoms with van der Waals surface area (Å²) in [7, 11) is -1.97. The predicted octanol–water partition coefficient (Wildman–Crippen LogP) is 2.74. The van der Waals surface area contributed by atoms with Crippen molar-refractivity contribution < 1.29 is 24.2 Å². The topological polar surface area (TPSA) is 107 Å². The van der Waals surface area contributed by atoms with E-state index in [9.17, 15) is 14.8 Å². The fourth-order valence-electron chi connectivity index (χ4n) is 4.89. The van der Waals surface area contributed by atoms with Crippen LogP contribution in [-0.2, 0) is 15.0 Å².